The molecule has 0 bridgehead atoms. The maximum Gasteiger partial charge on any atom is 0.277 e. The number of hydrogen-bond donors (Lipinski definition) is 1. The van der Waals surface area contributed by atoms with E-state index in [0.29, 0.717) is 34.6 Å². The zero-order valence-corrected chi connectivity index (χ0v) is 16.1. The maximum atomic E-state index is 13.1. The van der Waals surface area contributed by atoms with E-state index in [-0.39, 0.29) is 5.91 Å². The third-order valence-electron chi connectivity index (χ3n) is 4.64. The van der Waals surface area contributed by atoms with Crippen molar-refractivity contribution in [3.05, 3.63) is 71.0 Å². The molecule has 0 radical (unpaired) electrons. The predicted molar refractivity (Wildman–Crippen MR) is 110 cm³/mol. The van der Waals surface area contributed by atoms with Crippen molar-refractivity contribution in [3.63, 3.8) is 0 Å². The van der Waals surface area contributed by atoms with Crippen molar-refractivity contribution in [3.8, 4) is 5.75 Å². The van der Waals surface area contributed by atoms with Gasteiger partial charge in [0.1, 0.15) is 11.4 Å². The summed E-state index contributed by atoms with van der Waals surface area (Å²) in [5, 5.41) is 3.64. The van der Waals surface area contributed by atoms with Gasteiger partial charge in [-0.15, -0.1) is 0 Å². The van der Waals surface area contributed by atoms with Crippen LogP contribution in [0.15, 0.2) is 54.7 Å². The largest absolute Gasteiger partial charge is 0.495 e. The van der Waals surface area contributed by atoms with Gasteiger partial charge in [0.15, 0.2) is 0 Å². The molecule has 1 aliphatic heterocycles. The van der Waals surface area contributed by atoms with Gasteiger partial charge >= 0.3 is 0 Å². The number of carbonyl (C=O) groups is 1. The number of anilines is 3. The van der Waals surface area contributed by atoms with Crippen LogP contribution in [0.1, 0.15) is 22.5 Å². The number of methoxy groups -OCH3 is 1. The Morgan fingerprint density at radius 2 is 2.07 bits per heavy atom. The highest BCUT2D eigenvalue weighted by molar-refractivity contribution is 6.31. The van der Waals surface area contributed by atoms with Gasteiger partial charge in [-0.1, -0.05) is 29.8 Å². The van der Waals surface area contributed by atoms with Crippen LogP contribution in [0.4, 0.5) is 17.3 Å². The average molecular weight is 395 g/mol. The van der Waals surface area contributed by atoms with E-state index in [1.807, 2.05) is 18.2 Å². The lowest BCUT2D eigenvalue weighted by Gasteiger charge is -2.29. The Labute approximate surface area is 168 Å². The quantitative estimate of drug-likeness (QED) is 0.706. The molecule has 1 amide bonds. The minimum Gasteiger partial charge on any atom is -0.495 e. The number of hydrogen-bond acceptors (Lipinski definition) is 5. The SMILES string of the molecule is COc1ccc(Cl)cc1Nc1nccc(C(=O)N2CCCc3ccccc32)n1. The summed E-state index contributed by atoms with van der Waals surface area (Å²) in [5.74, 6) is 0.766. The molecule has 0 unspecified atom stereocenters. The lowest BCUT2D eigenvalue weighted by molar-refractivity contribution is 0.0980. The monoisotopic (exact) mass is 394 g/mol. The molecule has 2 heterocycles. The first kappa shape index (κ1) is 18.3. The molecular weight excluding hydrogens is 376 g/mol. The summed E-state index contributed by atoms with van der Waals surface area (Å²) >= 11 is 6.07. The van der Waals surface area contributed by atoms with Gasteiger partial charge in [-0.2, -0.15) is 0 Å². The molecule has 0 saturated carbocycles. The van der Waals surface area contributed by atoms with Gasteiger partial charge in [-0.25, -0.2) is 9.97 Å². The molecular formula is C21H19ClN4O2. The summed E-state index contributed by atoms with van der Waals surface area (Å²) in [6.45, 7) is 0.671. The number of aromatic nitrogens is 2. The van der Waals surface area contributed by atoms with Gasteiger partial charge in [-0.05, 0) is 48.7 Å². The van der Waals surface area contributed by atoms with Crippen LogP contribution in [0.3, 0.4) is 0 Å². The molecule has 6 nitrogen and oxygen atoms in total. The first-order valence-electron chi connectivity index (χ1n) is 8.99. The molecule has 1 N–H and O–H groups in total. The number of nitrogens with one attached hydrogen (secondary N) is 1. The molecule has 1 aliphatic rings. The van der Waals surface area contributed by atoms with E-state index in [4.69, 9.17) is 16.3 Å². The van der Waals surface area contributed by atoms with Gasteiger partial charge in [0, 0.05) is 23.5 Å². The smallest absolute Gasteiger partial charge is 0.277 e. The summed E-state index contributed by atoms with van der Waals surface area (Å²) < 4.78 is 5.33. The summed E-state index contributed by atoms with van der Waals surface area (Å²) in [5.41, 5.74) is 3.08. The maximum absolute atomic E-state index is 13.1. The topological polar surface area (TPSA) is 67.3 Å². The number of amides is 1. The molecule has 28 heavy (non-hydrogen) atoms. The summed E-state index contributed by atoms with van der Waals surface area (Å²) in [6, 6.07) is 14.8. The third kappa shape index (κ3) is 3.64. The van der Waals surface area contributed by atoms with E-state index in [1.54, 1.807) is 42.5 Å². The van der Waals surface area contributed by atoms with Crippen LogP contribution in [0.5, 0.6) is 5.75 Å². The lowest BCUT2D eigenvalue weighted by Crippen LogP contribution is -2.36. The highest BCUT2D eigenvalue weighted by Gasteiger charge is 2.24. The Hall–Kier alpha value is -3.12. The molecule has 0 fully saturated rings. The Bertz CT molecular complexity index is 1020. The number of para-hydroxylation sites is 1. The lowest BCUT2D eigenvalue weighted by atomic mass is 10.0. The number of rotatable bonds is 4. The van der Waals surface area contributed by atoms with Crippen LogP contribution in [-0.4, -0.2) is 29.5 Å². The van der Waals surface area contributed by atoms with E-state index in [1.165, 1.54) is 5.56 Å². The second kappa shape index (κ2) is 7.86. The molecule has 7 heteroatoms. The molecule has 0 spiro atoms. The molecule has 4 rings (SSSR count). The van der Waals surface area contributed by atoms with E-state index < -0.39 is 0 Å². The van der Waals surface area contributed by atoms with Crippen LogP contribution >= 0.6 is 11.6 Å². The number of halogens is 1. The number of ether oxygens (including phenoxy) is 1. The number of benzene rings is 2. The molecule has 0 aliphatic carbocycles. The number of fused-ring (bicyclic) bond motifs is 1. The van der Waals surface area contributed by atoms with E-state index in [0.717, 1.165) is 18.5 Å². The molecule has 1 aromatic heterocycles. The normalized spacial score (nSPS) is 13.0. The predicted octanol–water partition coefficient (Wildman–Crippen LogP) is 4.48. The summed E-state index contributed by atoms with van der Waals surface area (Å²) in [7, 11) is 1.57. The van der Waals surface area contributed by atoms with Crippen molar-refractivity contribution in [2.75, 3.05) is 23.9 Å². The van der Waals surface area contributed by atoms with Gasteiger partial charge in [0.05, 0.1) is 12.8 Å². The van der Waals surface area contributed by atoms with Crippen molar-refractivity contribution in [1.29, 1.82) is 0 Å². The first-order valence-corrected chi connectivity index (χ1v) is 9.37. The Morgan fingerprint density at radius 1 is 1.21 bits per heavy atom. The Kier molecular flexibility index (Phi) is 5.12. The fourth-order valence-electron chi connectivity index (χ4n) is 3.32. The fraction of sp³-hybridized carbons (Fsp3) is 0.190. The van der Waals surface area contributed by atoms with Crippen molar-refractivity contribution in [2.45, 2.75) is 12.8 Å². The third-order valence-corrected chi connectivity index (χ3v) is 4.87. The molecule has 0 atom stereocenters. The molecule has 2 aromatic carbocycles. The van der Waals surface area contributed by atoms with E-state index in [2.05, 4.69) is 21.4 Å². The van der Waals surface area contributed by atoms with Crippen LogP contribution in [0, 0.1) is 0 Å². The Balaban J connectivity index is 1.61. The zero-order valence-electron chi connectivity index (χ0n) is 15.4. The molecule has 3 aromatic rings. The van der Waals surface area contributed by atoms with Crippen molar-refractivity contribution in [1.82, 2.24) is 9.97 Å². The summed E-state index contributed by atoms with van der Waals surface area (Å²) in [6.07, 6.45) is 3.47. The Morgan fingerprint density at radius 3 is 2.93 bits per heavy atom. The highest BCUT2D eigenvalue weighted by Crippen LogP contribution is 2.30. The number of aryl methyl sites for hydroxylation is 1. The second-order valence-corrected chi connectivity index (χ2v) is 6.86. The first-order chi connectivity index (χ1) is 13.7. The average Bonchev–Trinajstić information content (AvgIpc) is 2.73. The second-order valence-electron chi connectivity index (χ2n) is 6.42. The molecule has 142 valence electrons. The van der Waals surface area contributed by atoms with E-state index in [9.17, 15) is 4.79 Å². The zero-order chi connectivity index (χ0) is 19.5. The van der Waals surface area contributed by atoms with E-state index >= 15 is 0 Å². The highest BCUT2D eigenvalue weighted by atomic mass is 35.5. The van der Waals surface area contributed by atoms with Gasteiger partial charge in [0.2, 0.25) is 5.95 Å². The molecule has 0 saturated heterocycles. The van der Waals surface area contributed by atoms with Crippen LogP contribution in [-0.2, 0) is 6.42 Å². The van der Waals surface area contributed by atoms with Crippen LogP contribution in [0.2, 0.25) is 5.02 Å². The van der Waals surface area contributed by atoms with Crippen LogP contribution in [0.25, 0.3) is 0 Å². The minimum atomic E-state index is -0.143. The van der Waals surface area contributed by atoms with Crippen molar-refractivity contribution in [2.24, 2.45) is 0 Å². The fourth-order valence-corrected chi connectivity index (χ4v) is 3.49. The van der Waals surface area contributed by atoms with Gasteiger partial charge in [-0.3, -0.25) is 4.79 Å². The van der Waals surface area contributed by atoms with Crippen molar-refractivity contribution >= 4 is 34.8 Å². The van der Waals surface area contributed by atoms with Crippen molar-refractivity contribution < 1.29 is 9.53 Å². The summed E-state index contributed by atoms with van der Waals surface area (Å²) in [4.78, 5) is 23.5. The van der Waals surface area contributed by atoms with Gasteiger partial charge < -0.3 is 15.0 Å². The minimum absolute atomic E-state index is 0.143. The van der Waals surface area contributed by atoms with Gasteiger partial charge in [0.25, 0.3) is 5.91 Å². The van der Waals surface area contributed by atoms with Crippen LogP contribution < -0.4 is 15.0 Å². The number of nitrogens with zero attached hydrogens (tertiary/aromatic N) is 3. The standard InChI is InChI=1S/C21H19ClN4O2/c1-28-19-9-8-15(22)13-17(19)25-21-23-11-10-16(24-21)20(27)26-12-4-6-14-5-2-3-7-18(14)26/h2-3,5,7-11,13H,4,6,12H2,1H3,(H,23,24,25). The number of carbonyl (C=O) groups excluding carboxylic acids is 1.